The molecule has 3 atom stereocenters. The highest BCUT2D eigenvalue weighted by molar-refractivity contribution is 6.74. The summed E-state index contributed by atoms with van der Waals surface area (Å²) < 4.78 is 20.7. The van der Waals surface area contributed by atoms with E-state index >= 15 is 0 Å². The van der Waals surface area contributed by atoms with Crippen LogP contribution in [0.3, 0.4) is 0 Å². The predicted molar refractivity (Wildman–Crippen MR) is 136 cm³/mol. The minimum atomic E-state index is -2.44. The molecule has 1 saturated heterocycles. The number of H-pyrrole nitrogens is 1. The Kier molecular flexibility index (Phi) is 7.80. The van der Waals surface area contributed by atoms with Crippen molar-refractivity contribution in [2.45, 2.75) is 94.5 Å². The zero-order chi connectivity index (χ0) is 25.7. The van der Waals surface area contributed by atoms with Gasteiger partial charge in [0.1, 0.15) is 11.7 Å². The van der Waals surface area contributed by atoms with E-state index in [0.717, 1.165) is 0 Å². The van der Waals surface area contributed by atoms with Gasteiger partial charge in [-0.2, -0.15) is 0 Å². The Morgan fingerprint density at radius 1 is 1.15 bits per heavy atom. The monoisotopic (exact) mass is 520 g/mol. The normalized spacial score (nSPS) is 27.2. The first-order chi connectivity index (χ1) is 14.7. The fourth-order valence-corrected chi connectivity index (χ4v) is 6.08. The van der Waals surface area contributed by atoms with Gasteiger partial charge in [-0.05, 0) is 36.3 Å². The summed E-state index contributed by atoms with van der Waals surface area (Å²) in [5.74, 6) is 0. The van der Waals surface area contributed by atoms with Gasteiger partial charge in [-0.25, -0.2) is 4.79 Å². The Hall–Kier alpha value is -0.756. The minimum Gasteiger partial charge on any atom is -0.414 e. The van der Waals surface area contributed by atoms with Crippen LogP contribution >= 0.6 is 11.6 Å². The highest BCUT2D eigenvalue weighted by Crippen LogP contribution is 2.48. The molecule has 0 aromatic carbocycles. The molecule has 0 spiro atoms. The number of hydrogen-bond donors (Lipinski definition) is 2. The van der Waals surface area contributed by atoms with Crippen molar-refractivity contribution in [3.8, 4) is 0 Å². The molecule has 0 aliphatic carbocycles. The van der Waals surface area contributed by atoms with Crippen molar-refractivity contribution >= 4 is 28.2 Å². The van der Waals surface area contributed by atoms with E-state index in [0.29, 0.717) is 0 Å². The van der Waals surface area contributed by atoms with Crippen LogP contribution in [-0.2, 0) is 18.6 Å². The molecule has 190 valence electrons. The lowest BCUT2D eigenvalue weighted by Gasteiger charge is -2.46. The molecule has 1 aliphatic heterocycles. The molecule has 0 amide bonds. The van der Waals surface area contributed by atoms with E-state index in [-0.39, 0.29) is 23.3 Å². The molecule has 2 rings (SSSR count). The molecular weight excluding hydrogens is 480 g/mol. The van der Waals surface area contributed by atoms with Crippen LogP contribution in [-0.4, -0.2) is 62.8 Å². The van der Waals surface area contributed by atoms with Crippen molar-refractivity contribution in [3.05, 3.63) is 33.1 Å². The number of aliphatic hydroxyl groups is 1. The van der Waals surface area contributed by atoms with Gasteiger partial charge in [0, 0.05) is 12.3 Å². The van der Waals surface area contributed by atoms with E-state index in [2.05, 4.69) is 72.7 Å². The summed E-state index contributed by atoms with van der Waals surface area (Å²) in [7, 11) is -4.64. The Balaban J connectivity index is 2.61. The number of aromatic amines is 1. The van der Waals surface area contributed by atoms with Crippen LogP contribution in [0.4, 0.5) is 0 Å². The van der Waals surface area contributed by atoms with Crippen LogP contribution < -0.4 is 11.2 Å². The first-order valence-electron chi connectivity index (χ1n) is 11.3. The Morgan fingerprint density at radius 2 is 1.70 bits per heavy atom. The zero-order valence-electron chi connectivity index (χ0n) is 21.7. The predicted octanol–water partition coefficient (Wildman–Crippen LogP) is 3.60. The average Bonchev–Trinajstić information content (AvgIpc) is 2.91. The van der Waals surface area contributed by atoms with Crippen LogP contribution in [0.2, 0.25) is 36.3 Å². The van der Waals surface area contributed by atoms with Gasteiger partial charge in [0.15, 0.2) is 21.6 Å². The van der Waals surface area contributed by atoms with Gasteiger partial charge in [0.05, 0.1) is 19.8 Å². The quantitative estimate of drug-likeness (QED) is 0.420. The van der Waals surface area contributed by atoms with Crippen molar-refractivity contribution in [2.75, 3.05) is 19.8 Å². The Morgan fingerprint density at radius 3 is 2.15 bits per heavy atom. The second-order valence-corrected chi connectivity index (χ2v) is 22.3. The van der Waals surface area contributed by atoms with Crippen molar-refractivity contribution in [3.63, 3.8) is 0 Å². The topological polar surface area (TPSA) is 103 Å². The summed E-state index contributed by atoms with van der Waals surface area (Å²) in [5, 5.41) is 10.4. The molecule has 1 aromatic rings. The highest BCUT2D eigenvalue weighted by Gasteiger charge is 2.63. The summed E-state index contributed by atoms with van der Waals surface area (Å²) in [6.07, 6.45) is 0.452. The molecule has 8 nitrogen and oxygen atoms in total. The van der Waals surface area contributed by atoms with Crippen LogP contribution in [0.1, 0.15) is 41.5 Å². The minimum absolute atomic E-state index is 0.0497. The maximum Gasteiger partial charge on any atom is 0.329 e. The highest BCUT2D eigenvalue weighted by atomic mass is 35.5. The van der Waals surface area contributed by atoms with Crippen LogP contribution in [0.15, 0.2) is 21.9 Å². The van der Waals surface area contributed by atoms with Gasteiger partial charge in [-0.15, -0.1) is 0 Å². The van der Waals surface area contributed by atoms with Crippen LogP contribution in [0.25, 0.3) is 0 Å². The fraction of sp³-hybridized carbons (Fsp3) is 0.818. The van der Waals surface area contributed by atoms with Gasteiger partial charge in [-0.1, -0.05) is 53.1 Å². The maximum absolute atomic E-state index is 12.7. The molecule has 11 heteroatoms. The van der Waals surface area contributed by atoms with Crippen molar-refractivity contribution in [1.29, 1.82) is 0 Å². The van der Waals surface area contributed by atoms with E-state index in [1.165, 1.54) is 16.8 Å². The van der Waals surface area contributed by atoms with Gasteiger partial charge in [-0.3, -0.25) is 14.3 Å². The molecule has 1 fully saturated rings. The maximum atomic E-state index is 12.7. The summed E-state index contributed by atoms with van der Waals surface area (Å²) in [4.78, 5) is 25.2. The zero-order valence-corrected chi connectivity index (χ0v) is 24.4. The number of alkyl halides is 1. The molecule has 1 aromatic heterocycles. The number of ether oxygens (including phenoxy) is 1. The average molecular weight is 521 g/mol. The van der Waals surface area contributed by atoms with Gasteiger partial charge in [0.25, 0.3) is 5.56 Å². The molecule has 0 radical (unpaired) electrons. The van der Waals surface area contributed by atoms with E-state index < -0.39 is 51.2 Å². The third-order valence-electron chi connectivity index (χ3n) is 7.64. The molecule has 1 aliphatic rings. The Bertz CT molecular complexity index is 965. The number of halogens is 1. The molecule has 2 N–H and O–H groups in total. The standard InChI is InChI=1S/C22H41ClN2O6Si2/c1-19(2,3)32(7,8)30-14-21(13-26)17(31-33(9,10)20(4,5)6)22(23,15-29-21)25-12-11-16(27)24-18(25)28/h11-12,17,26H,13-15H2,1-10H3,(H,24,27,28)/t17?,21-,22+/m1/s1. The van der Waals surface area contributed by atoms with Crippen LogP contribution in [0.5, 0.6) is 0 Å². The van der Waals surface area contributed by atoms with Crippen LogP contribution in [0, 0.1) is 0 Å². The molecule has 1 unspecified atom stereocenters. The van der Waals surface area contributed by atoms with Crippen molar-refractivity contribution in [2.24, 2.45) is 0 Å². The number of rotatable bonds is 7. The molecule has 0 saturated carbocycles. The second kappa shape index (κ2) is 9.03. The molecule has 33 heavy (non-hydrogen) atoms. The number of nitrogens with zero attached hydrogens (tertiary/aromatic N) is 1. The number of aliphatic hydroxyl groups excluding tert-OH is 1. The van der Waals surface area contributed by atoms with E-state index in [4.69, 9.17) is 25.2 Å². The summed E-state index contributed by atoms with van der Waals surface area (Å²) in [6, 6.07) is 1.24. The largest absolute Gasteiger partial charge is 0.414 e. The number of hydrogen-bond acceptors (Lipinski definition) is 6. The third kappa shape index (κ3) is 5.42. The lowest BCUT2D eigenvalue weighted by atomic mass is 9.95. The first-order valence-corrected chi connectivity index (χ1v) is 17.5. The third-order valence-corrected chi connectivity index (χ3v) is 17.0. The van der Waals surface area contributed by atoms with E-state index in [9.17, 15) is 14.7 Å². The van der Waals surface area contributed by atoms with E-state index in [1.54, 1.807) is 0 Å². The molecular formula is C22H41ClN2O6Si2. The summed E-state index contributed by atoms with van der Waals surface area (Å²) in [5.41, 5.74) is -2.46. The number of nitrogens with one attached hydrogen (secondary N) is 1. The fourth-order valence-electron chi connectivity index (χ4n) is 3.18. The Labute approximate surface area is 203 Å². The second-order valence-electron chi connectivity index (χ2n) is 12.1. The van der Waals surface area contributed by atoms with Crippen molar-refractivity contribution < 1.29 is 18.7 Å². The number of aromatic nitrogens is 2. The van der Waals surface area contributed by atoms with E-state index in [1.807, 2.05) is 0 Å². The lowest BCUT2D eigenvalue weighted by Crippen LogP contribution is -2.62. The smallest absolute Gasteiger partial charge is 0.329 e. The summed E-state index contributed by atoms with van der Waals surface area (Å²) in [6.45, 7) is 20.7. The summed E-state index contributed by atoms with van der Waals surface area (Å²) >= 11 is 7.14. The van der Waals surface area contributed by atoms with Crippen molar-refractivity contribution in [1.82, 2.24) is 9.55 Å². The molecule has 0 bridgehead atoms. The molecule has 2 heterocycles. The SMILES string of the molecule is CC(C)(C)[Si](C)(C)OC[C@@]1(CO)OC[C@](Cl)(n2ccc(=O)[nH]c2=O)C1O[Si](C)(C)C(C)(C)C. The van der Waals surface area contributed by atoms with Gasteiger partial charge in [0.2, 0.25) is 0 Å². The lowest BCUT2D eigenvalue weighted by molar-refractivity contribution is -0.112. The van der Waals surface area contributed by atoms with Gasteiger partial charge < -0.3 is 18.7 Å². The first kappa shape index (κ1) is 28.5. The van der Waals surface area contributed by atoms with Gasteiger partial charge >= 0.3 is 5.69 Å².